The van der Waals surface area contributed by atoms with Crippen LogP contribution in [-0.2, 0) is 7.05 Å². The first kappa shape index (κ1) is 20.2. The highest BCUT2D eigenvalue weighted by molar-refractivity contribution is 6.08. The number of hydrogen-bond donors (Lipinski definition) is 1. The van der Waals surface area contributed by atoms with Crippen molar-refractivity contribution in [2.24, 2.45) is 7.05 Å². The standard InChI is InChI=1S/C23H21FN6O2/c1-23(2,31)9-8-14-6-4-7-17-20(14)32-11-5-10-30(17)22-18-15(12-25-13-16(18)24)19-21(26-22)27-28-29(19)3/h4,6-7,12-13,31H,5,10-11H2,1-3H3. The quantitative estimate of drug-likeness (QED) is 0.462. The molecule has 4 aromatic rings. The topological polar surface area (TPSA) is 89.2 Å². The molecule has 9 heteroatoms. The number of benzene rings is 1. The zero-order chi connectivity index (χ0) is 22.5. The molecule has 0 spiro atoms. The first-order valence-corrected chi connectivity index (χ1v) is 10.2. The second kappa shape index (κ2) is 7.43. The molecular formula is C23H21FN6O2. The minimum Gasteiger partial charge on any atom is -0.490 e. The van der Waals surface area contributed by atoms with Crippen molar-refractivity contribution in [2.45, 2.75) is 25.9 Å². The van der Waals surface area contributed by atoms with Crippen molar-refractivity contribution in [1.82, 2.24) is 25.0 Å². The number of hydrogen-bond acceptors (Lipinski definition) is 7. The van der Waals surface area contributed by atoms with Gasteiger partial charge in [-0.15, -0.1) is 5.10 Å². The molecule has 3 aromatic heterocycles. The number of aliphatic hydroxyl groups is 1. The molecule has 1 aliphatic heterocycles. The Morgan fingerprint density at radius 2 is 2.09 bits per heavy atom. The van der Waals surface area contributed by atoms with Crippen molar-refractivity contribution in [2.75, 3.05) is 18.1 Å². The van der Waals surface area contributed by atoms with Crippen LogP contribution in [0.5, 0.6) is 5.75 Å². The van der Waals surface area contributed by atoms with E-state index in [2.05, 4.69) is 27.1 Å². The molecule has 0 unspecified atom stereocenters. The fourth-order valence-electron chi connectivity index (χ4n) is 3.85. The third-order valence-corrected chi connectivity index (χ3v) is 5.22. The van der Waals surface area contributed by atoms with Gasteiger partial charge in [0, 0.05) is 25.2 Å². The summed E-state index contributed by atoms with van der Waals surface area (Å²) in [5.74, 6) is 6.37. The third-order valence-electron chi connectivity index (χ3n) is 5.22. The van der Waals surface area contributed by atoms with Crippen LogP contribution in [0.4, 0.5) is 15.9 Å². The number of pyridine rings is 2. The van der Waals surface area contributed by atoms with Gasteiger partial charge in [0.25, 0.3) is 0 Å². The first-order valence-electron chi connectivity index (χ1n) is 10.2. The molecule has 0 radical (unpaired) electrons. The summed E-state index contributed by atoms with van der Waals surface area (Å²) >= 11 is 0. The summed E-state index contributed by atoms with van der Waals surface area (Å²) < 4.78 is 22.7. The fraction of sp³-hybridized carbons (Fsp3) is 0.304. The van der Waals surface area contributed by atoms with Crippen LogP contribution in [-0.4, -0.2) is 48.8 Å². The Labute approximate surface area is 183 Å². The van der Waals surface area contributed by atoms with Crippen LogP contribution in [0.3, 0.4) is 0 Å². The van der Waals surface area contributed by atoms with Gasteiger partial charge in [-0.25, -0.2) is 14.1 Å². The van der Waals surface area contributed by atoms with Gasteiger partial charge >= 0.3 is 0 Å². The van der Waals surface area contributed by atoms with Crippen molar-refractivity contribution in [3.8, 4) is 17.6 Å². The average molecular weight is 432 g/mol. The normalized spacial score (nSPS) is 14.0. The van der Waals surface area contributed by atoms with Gasteiger partial charge < -0.3 is 14.7 Å². The van der Waals surface area contributed by atoms with Gasteiger partial charge in [0.1, 0.15) is 16.9 Å². The molecule has 5 rings (SSSR count). The molecule has 0 atom stereocenters. The number of nitrogens with zero attached hydrogens (tertiary/aromatic N) is 6. The maximum atomic E-state index is 15.1. The highest BCUT2D eigenvalue weighted by atomic mass is 19.1. The summed E-state index contributed by atoms with van der Waals surface area (Å²) in [6, 6.07) is 5.59. The summed E-state index contributed by atoms with van der Waals surface area (Å²) in [4.78, 5) is 10.7. The van der Waals surface area contributed by atoms with E-state index in [1.54, 1.807) is 31.8 Å². The van der Waals surface area contributed by atoms with Crippen LogP contribution in [0.2, 0.25) is 0 Å². The molecule has 1 N–H and O–H groups in total. The maximum Gasteiger partial charge on any atom is 0.204 e. The summed E-state index contributed by atoms with van der Waals surface area (Å²) in [7, 11) is 1.74. The van der Waals surface area contributed by atoms with Gasteiger partial charge in [-0.2, -0.15) is 0 Å². The summed E-state index contributed by atoms with van der Waals surface area (Å²) in [6.07, 6.45) is 3.49. The maximum absolute atomic E-state index is 15.1. The van der Waals surface area contributed by atoms with Crippen molar-refractivity contribution >= 4 is 33.4 Å². The van der Waals surface area contributed by atoms with Gasteiger partial charge in [0.05, 0.1) is 29.4 Å². The molecule has 8 nitrogen and oxygen atoms in total. The van der Waals surface area contributed by atoms with Gasteiger partial charge in [-0.3, -0.25) is 4.98 Å². The number of aromatic nitrogens is 5. The first-order chi connectivity index (χ1) is 15.3. The Bertz CT molecular complexity index is 1410. The number of fused-ring (bicyclic) bond motifs is 4. The lowest BCUT2D eigenvalue weighted by Crippen LogP contribution is -2.20. The molecule has 0 saturated carbocycles. The van der Waals surface area contributed by atoms with E-state index in [4.69, 9.17) is 9.72 Å². The van der Waals surface area contributed by atoms with Gasteiger partial charge in [-0.05, 0) is 32.4 Å². The second-order valence-corrected chi connectivity index (χ2v) is 8.18. The summed E-state index contributed by atoms with van der Waals surface area (Å²) in [5.41, 5.74) is 1.25. The van der Waals surface area contributed by atoms with Crippen LogP contribution in [0, 0.1) is 17.7 Å². The Kier molecular flexibility index (Phi) is 4.68. The van der Waals surface area contributed by atoms with Gasteiger partial charge in [0.15, 0.2) is 11.6 Å². The van der Waals surface area contributed by atoms with E-state index in [0.29, 0.717) is 58.6 Å². The number of ether oxygens (including phenoxy) is 1. The van der Waals surface area contributed by atoms with Crippen molar-refractivity contribution in [1.29, 1.82) is 0 Å². The molecule has 1 aliphatic rings. The number of para-hydroxylation sites is 1. The number of rotatable bonds is 1. The molecule has 162 valence electrons. The Hall–Kier alpha value is -3.77. The molecular weight excluding hydrogens is 411 g/mol. The van der Waals surface area contributed by atoms with Crippen molar-refractivity contribution in [3.05, 3.63) is 42.0 Å². The lowest BCUT2D eigenvalue weighted by atomic mass is 10.1. The van der Waals surface area contributed by atoms with Gasteiger partial charge in [0.2, 0.25) is 5.65 Å². The Morgan fingerprint density at radius 1 is 1.25 bits per heavy atom. The van der Waals surface area contributed by atoms with E-state index >= 15 is 4.39 Å². The van der Waals surface area contributed by atoms with E-state index in [-0.39, 0.29) is 0 Å². The fourth-order valence-corrected chi connectivity index (χ4v) is 3.85. The Morgan fingerprint density at radius 3 is 2.91 bits per heavy atom. The molecule has 0 bridgehead atoms. The largest absolute Gasteiger partial charge is 0.490 e. The SMILES string of the molecule is Cn1nnc2nc(N3CCCOc4c(C#CC(C)(C)O)cccc43)c3c(F)cncc3c21. The highest BCUT2D eigenvalue weighted by Gasteiger charge is 2.26. The molecule has 32 heavy (non-hydrogen) atoms. The zero-order valence-corrected chi connectivity index (χ0v) is 17.9. The summed E-state index contributed by atoms with van der Waals surface area (Å²) in [5, 5.41) is 19.2. The molecule has 1 aromatic carbocycles. The molecule has 0 aliphatic carbocycles. The number of aryl methyl sites for hydroxylation is 1. The van der Waals surface area contributed by atoms with Crippen LogP contribution in [0.15, 0.2) is 30.6 Å². The highest BCUT2D eigenvalue weighted by Crippen LogP contribution is 2.41. The number of halogens is 1. The minimum absolute atomic E-state index is 0.346. The van der Waals surface area contributed by atoms with Crippen LogP contribution < -0.4 is 9.64 Å². The van der Waals surface area contributed by atoms with E-state index in [9.17, 15) is 5.11 Å². The second-order valence-electron chi connectivity index (χ2n) is 8.18. The molecule has 0 amide bonds. The van der Waals surface area contributed by atoms with E-state index in [0.717, 1.165) is 5.69 Å². The van der Waals surface area contributed by atoms with Crippen molar-refractivity contribution < 1.29 is 14.2 Å². The van der Waals surface area contributed by atoms with E-state index in [1.807, 2.05) is 23.1 Å². The lowest BCUT2D eigenvalue weighted by molar-refractivity contribution is 0.143. The van der Waals surface area contributed by atoms with Crippen LogP contribution >= 0.6 is 0 Å². The van der Waals surface area contributed by atoms with Crippen LogP contribution in [0.1, 0.15) is 25.8 Å². The van der Waals surface area contributed by atoms with E-state index < -0.39 is 11.4 Å². The van der Waals surface area contributed by atoms with Crippen LogP contribution in [0.25, 0.3) is 21.9 Å². The average Bonchev–Trinajstić information content (AvgIpc) is 2.99. The predicted octanol–water partition coefficient (Wildman–Crippen LogP) is 3.09. The van der Waals surface area contributed by atoms with Crippen molar-refractivity contribution in [3.63, 3.8) is 0 Å². The molecule has 0 saturated heterocycles. The predicted molar refractivity (Wildman–Crippen MR) is 118 cm³/mol. The smallest absolute Gasteiger partial charge is 0.204 e. The minimum atomic E-state index is -1.14. The summed E-state index contributed by atoms with van der Waals surface area (Å²) in [6.45, 7) is 4.28. The molecule has 4 heterocycles. The zero-order valence-electron chi connectivity index (χ0n) is 17.9. The lowest BCUT2D eigenvalue weighted by Gasteiger charge is -2.24. The Balaban J connectivity index is 1.77. The van der Waals surface area contributed by atoms with E-state index in [1.165, 1.54) is 6.20 Å². The third kappa shape index (κ3) is 3.39. The monoisotopic (exact) mass is 432 g/mol. The molecule has 0 fully saturated rings. The van der Waals surface area contributed by atoms with Gasteiger partial charge in [-0.1, -0.05) is 23.1 Å². The number of anilines is 2.